The Morgan fingerprint density at radius 3 is 2.67 bits per heavy atom. The van der Waals surface area contributed by atoms with Crippen molar-refractivity contribution in [2.75, 3.05) is 38.5 Å². The number of aryl methyl sites for hydroxylation is 2. The largest absolute Gasteiger partial charge is 0.324 e. The Morgan fingerprint density at radius 2 is 1.89 bits per heavy atom. The van der Waals surface area contributed by atoms with E-state index in [4.69, 9.17) is 0 Å². The molecule has 0 radical (unpaired) electrons. The fraction of sp³-hybridized carbons (Fsp3) is 0.550. The lowest BCUT2D eigenvalue weighted by molar-refractivity contribution is 0.222. The summed E-state index contributed by atoms with van der Waals surface area (Å²) in [5.74, 6) is 2.38. The average molecular weight is 368 g/mol. The number of benzene rings is 1. The lowest BCUT2D eigenvalue weighted by Gasteiger charge is -2.19. The van der Waals surface area contributed by atoms with Gasteiger partial charge in [-0.1, -0.05) is 18.2 Å². The molecule has 1 aromatic heterocycles. The number of anilines is 1. The lowest BCUT2D eigenvalue weighted by atomic mass is 10.1. The minimum Gasteiger partial charge on any atom is -0.324 e. The maximum atomic E-state index is 12.8. The molecule has 1 fully saturated rings. The molecule has 1 N–H and O–H groups in total. The van der Waals surface area contributed by atoms with Gasteiger partial charge in [0.15, 0.2) is 0 Å². The number of urea groups is 1. The van der Waals surface area contributed by atoms with Crippen LogP contribution < -0.4 is 5.32 Å². The van der Waals surface area contributed by atoms with Gasteiger partial charge in [0.1, 0.15) is 11.6 Å². The van der Waals surface area contributed by atoms with Crippen molar-refractivity contribution in [1.82, 2.24) is 24.6 Å². The van der Waals surface area contributed by atoms with Crippen LogP contribution in [0.4, 0.5) is 10.5 Å². The van der Waals surface area contributed by atoms with Crippen LogP contribution in [0.25, 0.3) is 0 Å². The number of para-hydroxylation sites is 1. The van der Waals surface area contributed by atoms with Gasteiger partial charge in [0.05, 0.1) is 0 Å². The number of aromatic nitrogens is 3. The number of carbonyl (C=O) groups excluding carboxylic acids is 1. The number of likely N-dealkylation sites (tertiary alicyclic amines) is 1. The highest BCUT2D eigenvalue weighted by atomic mass is 16.2. The number of likely N-dealkylation sites (N-methyl/N-ethyl adjacent to an activating group) is 1. The molecule has 2 aromatic rings. The second kappa shape index (κ2) is 7.31. The van der Waals surface area contributed by atoms with Crippen LogP contribution in [0.15, 0.2) is 18.2 Å². The number of hydrogen-bond donors (Lipinski definition) is 1. The van der Waals surface area contributed by atoms with Crippen LogP contribution in [0, 0.1) is 13.8 Å². The second-order valence-corrected chi connectivity index (χ2v) is 7.81. The Bertz CT molecular complexity index is 825. The Morgan fingerprint density at radius 1 is 1.11 bits per heavy atom. The zero-order chi connectivity index (χ0) is 19.0. The summed E-state index contributed by atoms with van der Waals surface area (Å²) in [4.78, 5) is 17.0. The van der Waals surface area contributed by atoms with Crippen LogP contribution in [0.1, 0.15) is 35.1 Å². The van der Waals surface area contributed by atoms with Gasteiger partial charge in [0.2, 0.25) is 0 Å². The normalized spacial score (nSPS) is 20.4. The number of carbonyl (C=O) groups is 1. The van der Waals surface area contributed by atoms with Crippen molar-refractivity contribution in [3.05, 3.63) is 41.0 Å². The first kappa shape index (κ1) is 18.0. The summed E-state index contributed by atoms with van der Waals surface area (Å²) in [7, 11) is 2.15. The van der Waals surface area contributed by atoms with Gasteiger partial charge in [-0.05, 0) is 38.4 Å². The van der Waals surface area contributed by atoms with Crippen LogP contribution in [-0.4, -0.2) is 63.8 Å². The molecule has 2 aliphatic rings. The summed E-state index contributed by atoms with van der Waals surface area (Å²) < 4.78 is 2.28. The molecule has 1 unspecified atom stereocenters. The molecule has 1 atom stereocenters. The molecule has 0 aliphatic carbocycles. The third-order valence-electron chi connectivity index (χ3n) is 5.83. The van der Waals surface area contributed by atoms with E-state index in [9.17, 15) is 4.79 Å². The Hall–Kier alpha value is -2.41. The van der Waals surface area contributed by atoms with Gasteiger partial charge < -0.3 is 19.7 Å². The van der Waals surface area contributed by atoms with Crippen molar-refractivity contribution in [3.8, 4) is 0 Å². The molecular weight excluding hydrogens is 340 g/mol. The fourth-order valence-electron chi connectivity index (χ4n) is 4.11. The van der Waals surface area contributed by atoms with E-state index in [1.165, 1.54) is 0 Å². The minimum absolute atomic E-state index is 0.0229. The zero-order valence-electron chi connectivity index (χ0n) is 16.4. The summed E-state index contributed by atoms with van der Waals surface area (Å²) in [5.41, 5.74) is 3.10. The Kier molecular flexibility index (Phi) is 4.86. The number of fused-ring (bicyclic) bond motifs is 1. The Balaban J connectivity index is 1.45. The van der Waals surface area contributed by atoms with Crippen molar-refractivity contribution in [2.45, 2.75) is 39.2 Å². The van der Waals surface area contributed by atoms with E-state index in [0.717, 1.165) is 67.5 Å². The van der Waals surface area contributed by atoms with Crippen molar-refractivity contribution in [2.24, 2.45) is 0 Å². The van der Waals surface area contributed by atoms with E-state index in [2.05, 4.69) is 32.0 Å². The molecule has 2 aliphatic heterocycles. The lowest BCUT2D eigenvalue weighted by Crippen LogP contribution is -2.33. The van der Waals surface area contributed by atoms with E-state index in [1.807, 2.05) is 36.9 Å². The van der Waals surface area contributed by atoms with Gasteiger partial charge in [0.25, 0.3) is 0 Å². The standard InChI is InChI=1S/C20H28N6O/c1-14-5-4-6-15(2)18(14)21-20(27)25-10-7-16(13-25)19-23-22-17-8-9-24(3)11-12-26(17)19/h4-6,16H,7-13H2,1-3H3,(H,21,27). The van der Waals surface area contributed by atoms with Crippen molar-refractivity contribution < 1.29 is 4.79 Å². The molecule has 144 valence electrons. The van der Waals surface area contributed by atoms with Gasteiger partial charge in [-0.25, -0.2) is 4.79 Å². The second-order valence-electron chi connectivity index (χ2n) is 7.81. The molecule has 0 saturated carbocycles. The van der Waals surface area contributed by atoms with Gasteiger partial charge in [-0.2, -0.15) is 0 Å². The Labute approximate surface area is 160 Å². The third kappa shape index (κ3) is 3.56. The molecule has 1 aromatic carbocycles. The molecule has 7 heteroatoms. The van der Waals surface area contributed by atoms with E-state index >= 15 is 0 Å². The summed E-state index contributed by atoms with van der Waals surface area (Å²) in [5, 5.41) is 12.0. The van der Waals surface area contributed by atoms with Crippen LogP contribution in [0.2, 0.25) is 0 Å². The third-order valence-corrected chi connectivity index (χ3v) is 5.83. The summed E-state index contributed by atoms with van der Waals surface area (Å²) >= 11 is 0. The van der Waals surface area contributed by atoms with E-state index < -0.39 is 0 Å². The number of nitrogens with zero attached hydrogens (tertiary/aromatic N) is 5. The quantitative estimate of drug-likeness (QED) is 0.884. The van der Waals surface area contributed by atoms with E-state index in [-0.39, 0.29) is 11.9 Å². The topological polar surface area (TPSA) is 66.3 Å². The van der Waals surface area contributed by atoms with Crippen molar-refractivity contribution in [1.29, 1.82) is 0 Å². The first-order valence-corrected chi connectivity index (χ1v) is 9.75. The highest BCUT2D eigenvalue weighted by Crippen LogP contribution is 2.28. The molecule has 2 amide bonds. The van der Waals surface area contributed by atoms with Crippen LogP contribution in [0.5, 0.6) is 0 Å². The smallest absolute Gasteiger partial charge is 0.321 e. The summed E-state index contributed by atoms with van der Waals surface area (Å²) in [6.07, 6.45) is 1.88. The monoisotopic (exact) mass is 368 g/mol. The van der Waals surface area contributed by atoms with Gasteiger partial charge in [0, 0.05) is 50.7 Å². The number of rotatable bonds is 2. The van der Waals surface area contributed by atoms with E-state index in [0.29, 0.717) is 6.54 Å². The number of amides is 2. The van der Waals surface area contributed by atoms with Gasteiger partial charge in [-0.3, -0.25) is 0 Å². The van der Waals surface area contributed by atoms with Crippen molar-refractivity contribution in [3.63, 3.8) is 0 Å². The van der Waals surface area contributed by atoms with Crippen LogP contribution in [0.3, 0.4) is 0 Å². The van der Waals surface area contributed by atoms with Gasteiger partial charge in [-0.15, -0.1) is 10.2 Å². The van der Waals surface area contributed by atoms with E-state index in [1.54, 1.807) is 0 Å². The maximum absolute atomic E-state index is 12.8. The molecule has 4 rings (SSSR count). The van der Waals surface area contributed by atoms with Crippen LogP contribution >= 0.6 is 0 Å². The minimum atomic E-state index is -0.0229. The van der Waals surface area contributed by atoms with Crippen LogP contribution in [-0.2, 0) is 13.0 Å². The SMILES string of the molecule is Cc1cccc(C)c1NC(=O)N1CCC(c2nnc3n2CCN(C)CC3)C1. The highest BCUT2D eigenvalue weighted by molar-refractivity contribution is 5.91. The van der Waals surface area contributed by atoms with Crippen molar-refractivity contribution >= 4 is 11.7 Å². The molecule has 1 saturated heterocycles. The maximum Gasteiger partial charge on any atom is 0.321 e. The molecule has 27 heavy (non-hydrogen) atoms. The zero-order valence-corrected chi connectivity index (χ0v) is 16.4. The number of hydrogen-bond acceptors (Lipinski definition) is 4. The molecular formula is C20H28N6O. The molecule has 7 nitrogen and oxygen atoms in total. The fourth-order valence-corrected chi connectivity index (χ4v) is 4.11. The number of nitrogens with one attached hydrogen (secondary N) is 1. The first-order chi connectivity index (χ1) is 13.0. The summed E-state index contributed by atoms with van der Waals surface area (Å²) in [6.45, 7) is 8.47. The average Bonchev–Trinajstić information content (AvgIpc) is 3.24. The summed E-state index contributed by atoms with van der Waals surface area (Å²) in [6, 6.07) is 6.04. The molecule has 0 spiro atoms. The van der Waals surface area contributed by atoms with Gasteiger partial charge >= 0.3 is 6.03 Å². The molecule has 0 bridgehead atoms. The highest BCUT2D eigenvalue weighted by Gasteiger charge is 2.32. The predicted octanol–water partition coefficient (Wildman–Crippen LogP) is 2.40. The molecule has 3 heterocycles. The predicted molar refractivity (Wildman–Crippen MR) is 105 cm³/mol. The first-order valence-electron chi connectivity index (χ1n) is 9.75.